The van der Waals surface area contributed by atoms with Gasteiger partial charge in [-0.2, -0.15) is 0 Å². The van der Waals surface area contributed by atoms with E-state index in [0.29, 0.717) is 12.5 Å². The minimum Gasteiger partial charge on any atom is -0.352 e. The molecule has 2 aliphatic rings. The van der Waals surface area contributed by atoms with E-state index in [1.165, 1.54) is 0 Å². The molecule has 7 heteroatoms. The Bertz CT molecular complexity index is 864. The maximum absolute atomic E-state index is 12.6. The van der Waals surface area contributed by atoms with Gasteiger partial charge in [-0.25, -0.2) is 9.97 Å². The molecule has 1 aliphatic carbocycles. The summed E-state index contributed by atoms with van der Waals surface area (Å²) in [5.41, 5.74) is 2.05. The van der Waals surface area contributed by atoms with Crippen molar-refractivity contribution in [2.24, 2.45) is 5.92 Å². The highest BCUT2D eigenvalue weighted by molar-refractivity contribution is 5.94. The van der Waals surface area contributed by atoms with Gasteiger partial charge in [-0.15, -0.1) is 0 Å². The fourth-order valence-corrected chi connectivity index (χ4v) is 4.04. The van der Waals surface area contributed by atoms with Gasteiger partial charge in [0.05, 0.1) is 0 Å². The summed E-state index contributed by atoms with van der Waals surface area (Å²) in [6, 6.07) is 3.59. The smallest absolute Gasteiger partial charge is 0.261 e. The first-order valence-corrected chi connectivity index (χ1v) is 9.76. The third-order valence-electron chi connectivity index (χ3n) is 5.49. The second kappa shape index (κ2) is 7.90. The van der Waals surface area contributed by atoms with Gasteiger partial charge in [-0.3, -0.25) is 9.59 Å². The van der Waals surface area contributed by atoms with E-state index in [4.69, 9.17) is 0 Å². The number of carbonyl (C=O) groups is 1. The van der Waals surface area contributed by atoms with E-state index in [0.717, 1.165) is 68.8 Å². The Morgan fingerprint density at radius 1 is 1.22 bits per heavy atom. The maximum Gasteiger partial charge on any atom is 0.261 e. The molecule has 0 radical (unpaired) electrons. The summed E-state index contributed by atoms with van der Waals surface area (Å²) >= 11 is 0. The van der Waals surface area contributed by atoms with Crippen LogP contribution in [-0.4, -0.2) is 40.5 Å². The predicted molar refractivity (Wildman–Crippen MR) is 103 cm³/mol. The number of amides is 1. The lowest BCUT2D eigenvalue weighted by Crippen LogP contribution is -2.42. The summed E-state index contributed by atoms with van der Waals surface area (Å²) in [5.74, 6) is 0.778. The first-order valence-electron chi connectivity index (χ1n) is 9.76. The lowest BCUT2D eigenvalue weighted by atomic mass is 9.94. The van der Waals surface area contributed by atoms with Gasteiger partial charge in [0.25, 0.3) is 11.5 Å². The monoisotopic (exact) mass is 367 g/mol. The van der Waals surface area contributed by atoms with Crippen molar-refractivity contribution in [3.05, 3.63) is 51.7 Å². The molecule has 0 unspecified atom stereocenters. The third kappa shape index (κ3) is 4.02. The number of nitrogens with one attached hydrogen (secondary N) is 2. The molecule has 1 fully saturated rings. The summed E-state index contributed by atoms with van der Waals surface area (Å²) in [7, 11) is 0. The number of hydrogen-bond acceptors (Lipinski definition) is 5. The lowest BCUT2D eigenvalue weighted by Gasteiger charge is -2.32. The van der Waals surface area contributed by atoms with Crippen molar-refractivity contribution in [2.75, 3.05) is 24.5 Å². The Balaban J connectivity index is 1.38. The molecule has 1 atom stereocenters. The number of H-pyrrole nitrogens is 1. The van der Waals surface area contributed by atoms with Gasteiger partial charge >= 0.3 is 0 Å². The molecular formula is C20H25N5O2. The maximum atomic E-state index is 12.6. The number of rotatable bonds is 4. The van der Waals surface area contributed by atoms with Crippen molar-refractivity contribution >= 4 is 11.9 Å². The van der Waals surface area contributed by atoms with Crippen LogP contribution in [0.25, 0.3) is 0 Å². The van der Waals surface area contributed by atoms with Crippen LogP contribution in [-0.2, 0) is 12.8 Å². The van der Waals surface area contributed by atoms with Crippen LogP contribution in [0.3, 0.4) is 0 Å². The van der Waals surface area contributed by atoms with E-state index in [1.807, 2.05) is 0 Å². The fourth-order valence-electron chi connectivity index (χ4n) is 4.04. The van der Waals surface area contributed by atoms with Crippen LogP contribution in [0.1, 0.15) is 47.3 Å². The van der Waals surface area contributed by atoms with Crippen LogP contribution in [0.15, 0.2) is 29.3 Å². The van der Waals surface area contributed by atoms with E-state index in [-0.39, 0.29) is 17.0 Å². The van der Waals surface area contributed by atoms with Crippen LogP contribution in [0.5, 0.6) is 0 Å². The molecule has 142 valence electrons. The molecule has 1 amide bonds. The van der Waals surface area contributed by atoms with Crippen molar-refractivity contribution < 1.29 is 4.79 Å². The molecule has 27 heavy (non-hydrogen) atoms. The molecule has 3 heterocycles. The number of piperidine rings is 1. The van der Waals surface area contributed by atoms with Gasteiger partial charge in [0.15, 0.2) is 0 Å². The standard InChI is InChI=1S/C20H25N5O2/c26-18(16-11-15-6-1-2-7-17(15)24-19(16)27)23-12-14-5-3-10-25(13-14)20-21-8-4-9-22-20/h4,8-9,11,14H,1-3,5-7,10,12-13H2,(H,23,26)(H,24,27)/t14-/m0/s1. The molecule has 0 spiro atoms. The number of hydrogen-bond donors (Lipinski definition) is 2. The zero-order valence-electron chi connectivity index (χ0n) is 15.4. The van der Waals surface area contributed by atoms with E-state index in [1.54, 1.807) is 24.5 Å². The Morgan fingerprint density at radius 2 is 2.04 bits per heavy atom. The molecule has 0 aromatic carbocycles. The fraction of sp³-hybridized carbons (Fsp3) is 0.500. The normalized spacial score (nSPS) is 19.4. The van der Waals surface area contributed by atoms with E-state index in [9.17, 15) is 9.59 Å². The minimum absolute atomic E-state index is 0.231. The first kappa shape index (κ1) is 17.7. The van der Waals surface area contributed by atoms with Crippen LogP contribution in [0.4, 0.5) is 5.95 Å². The van der Waals surface area contributed by atoms with Crippen LogP contribution >= 0.6 is 0 Å². The van der Waals surface area contributed by atoms with Crippen LogP contribution in [0, 0.1) is 5.92 Å². The quantitative estimate of drug-likeness (QED) is 0.858. The Hall–Kier alpha value is -2.70. The summed E-state index contributed by atoms with van der Waals surface area (Å²) < 4.78 is 0. The number of aryl methyl sites for hydroxylation is 2. The molecule has 1 saturated heterocycles. The minimum atomic E-state index is -0.281. The Kier molecular flexibility index (Phi) is 5.18. The predicted octanol–water partition coefficient (Wildman–Crippen LogP) is 1.69. The molecule has 0 saturated carbocycles. The topological polar surface area (TPSA) is 91.0 Å². The molecule has 2 aromatic rings. The number of aromatic nitrogens is 3. The average Bonchev–Trinajstić information content (AvgIpc) is 2.72. The number of carbonyl (C=O) groups excluding carboxylic acids is 1. The van der Waals surface area contributed by atoms with Crippen molar-refractivity contribution in [2.45, 2.75) is 38.5 Å². The van der Waals surface area contributed by atoms with Crippen molar-refractivity contribution in [3.63, 3.8) is 0 Å². The third-order valence-corrected chi connectivity index (χ3v) is 5.49. The van der Waals surface area contributed by atoms with Gasteiger partial charge in [0.1, 0.15) is 5.56 Å². The van der Waals surface area contributed by atoms with Gasteiger partial charge in [-0.1, -0.05) is 0 Å². The molecule has 2 aromatic heterocycles. The molecule has 2 N–H and O–H groups in total. The SMILES string of the molecule is O=C(NC[C@@H]1CCCN(c2ncccn2)C1)c1cc2c([nH]c1=O)CCCC2. The van der Waals surface area contributed by atoms with Gasteiger partial charge in [-0.05, 0) is 62.1 Å². The summed E-state index contributed by atoms with van der Waals surface area (Å²) in [6.07, 6.45) is 9.61. The average molecular weight is 367 g/mol. The van der Waals surface area contributed by atoms with Crippen LogP contribution in [0.2, 0.25) is 0 Å². The van der Waals surface area contributed by atoms with Crippen molar-refractivity contribution in [1.29, 1.82) is 0 Å². The highest BCUT2D eigenvalue weighted by Crippen LogP contribution is 2.20. The van der Waals surface area contributed by atoms with E-state index in [2.05, 4.69) is 25.2 Å². The van der Waals surface area contributed by atoms with Crippen LogP contribution < -0.4 is 15.8 Å². The number of nitrogens with zero attached hydrogens (tertiary/aromatic N) is 3. The molecule has 4 rings (SSSR count). The zero-order chi connectivity index (χ0) is 18.6. The number of anilines is 1. The number of aromatic amines is 1. The molecule has 7 nitrogen and oxygen atoms in total. The molecule has 1 aliphatic heterocycles. The summed E-state index contributed by atoms with van der Waals surface area (Å²) in [4.78, 5) is 38.5. The van der Waals surface area contributed by atoms with Gasteiger partial charge in [0, 0.05) is 37.7 Å². The number of pyridine rings is 1. The molecular weight excluding hydrogens is 342 g/mol. The second-order valence-electron chi connectivity index (χ2n) is 7.44. The summed E-state index contributed by atoms with van der Waals surface area (Å²) in [6.45, 7) is 2.29. The van der Waals surface area contributed by atoms with Crippen molar-refractivity contribution in [3.8, 4) is 0 Å². The van der Waals surface area contributed by atoms with E-state index >= 15 is 0 Å². The lowest BCUT2D eigenvalue weighted by molar-refractivity contribution is 0.0944. The second-order valence-corrected chi connectivity index (χ2v) is 7.44. The Morgan fingerprint density at radius 3 is 2.89 bits per heavy atom. The molecule has 0 bridgehead atoms. The van der Waals surface area contributed by atoms with Crippen molar-refractivity contribution in [1.82, 2.24) is 20.3 Å². The highest BCUT2D eigenvalue weighted by Gasteiger charge is 2.23. The van der Waals surface area contributed by atoms with Gasteiger partial charge < -0.3 is 15.2 Å². The Labute approximate surface area is 158 Å². The summed E-state index contributed by atoms with van der Waals surface area (Å²) in [5, 5.41) is 2.96. The largest absolute Gasteiger partial charge is 0.352 e. The number of fused-ring (bicyclic) bond motifs is 1. The zero-order valence-corrected chi connectivity index (χ0v) is 15.4. The highest BCUT2D eigenvalue weighted by atomic mass is 16.2. The van der Waals surface area contributed by atoms with E-state index < -0.39 is 0 Å². The first-order chi connectivity index (χ1) is 13.2. The van der Waals surface area contributed by atoms with Gasteiger partial charge in [0.2, 0.25) is 5.95 Å².